The molecule has 0 bridgehead atoms. The Morgan fingerprint density at radius 1 is 1.43 bits per heavy atom. The van der Waals surface area contributed by atoms with Crippen LogP contribution in [0, 0.1) is 0 Å². The fraction of sp³-hybridized carbons (Fsp3) is 0.417. The van der Waals surface area contributed by atoms with Gasteiger partial charge in [-0.25, -0.2) is 0 Å². The summed E-state index contributed by atoms with van der Waals surface area (Å²) in [5, 5.41) is 3.04. The van der Waals surface area contributed by atoms with E-state index in [1.54, 1.807) is 6.92 Å². The fourth-order valence-corrected chi connectivity index (χ4v) is 1.74. The van der Waals surface area contributed by atoms with Gasteiger partial charge in [-0.05, 0) is 43.4 Å². The number of nitrogens with one attached hydrogen (secondary N) is 1. The van der Waals surface area contributed by atoms with Gasteiger partial charge in [-0.3, -0.25) is 4.79 Å². The minimum atomic E-state index is 0.136. The summed E-state index contributed by atoms with van der Waals surface area (Å²) in [4.78, 5) is 11.4. The highest BCUT2D eigenvalue weighted by Gasteiger charge is 2.24. The second-order valence-corrected chi connectivity index (χ2v) is 3.89. The molecule has 2 nitrogen and oxygen atoms in total. The van der Waals surface area contributed by atoms with Gasteiger partial charge in [-0.2, -0.15) is 0 Å². The molecule has 0 radical (unpaired) electrons. The van der Waals surface area contributed by atoms with E-state index in [0.717, 1.165) is 11.3 Å². The molecule has 0 saturated heterocycles. The smallest absolute Gasteiger partial charge is 0.161 e. The molecule has 0 aliphatic heterocycles. The number of Topliss-reactive ketones (excluding diaryl/α,β-unsaturated/α-hetero) is 1. The number of carbonyl (C=O) groups is 1. The Bertz CT molecular complexity index is 367. The molecule has 1 saturated carbocycles. The molecular weight excluding hydrogens is 174 g/mol. The van der Waals surface area contributed by atoms with E-state index in [1.165, 1.54) is 18.4 Å². The van der Waals surface area contributed by atoms with Gasteiger partial charge in [0.05, 0.1) is 0 Å². The van der Waals surface area contributed by atoms with Gasteiger partial charge in [0.1, 0.15) is 0 Å². The first-order valence-corrected chi connectivity index (χ1v) is 5.05. The van der Waals surface area contributed by atoms with Crippen LogP contribution in [0.15, 0.2) is 18.2 Å². The zero-order valence-electron chi connectivity index (χ0n) is 8.63. The second kappa shape index (κ2) is 3.45. The van der Waals surface area contributed by atoms with Crippen LogP contribution in [-0.4, -0.2) is 12.8 Å². The van der Waals surface area contributed by atoms with Crippen molar-refractivity contribution in [1.82, 2.24) is 0 Å². The van der Waals surface area contributed by atoms with E-state index < -0.39 is 0 Å². The lowest BCUT2D eigenvalue weighted by Crippen LogP contribution is -2.01. The van der Waals surface area contributed by atoms with Crippen LogP contribution in [0.1, 0.15) is 41.6 Å². The number of rotatable bonds is 3. The van der Waals surface area contributed by atoms with Gasteiger partial charge in [0.2, 0.25) is 0 Å². The first kappa shape index (κ1) is 9.25. The highest BCUT2D eigenvalue weighted by atomic mass is 16.1. The normalized spacial score (nSPS) is 15.3. The zero-order valence-corrected chi connectivity index (χ0v) is 8.63. The Hall–Kier alpha value is -1.31. The van der Waals surface area contributed by atoms with Crippen molar-refractivity contribution >= 4 is 11.5 Å². The average Bonchev–Trinajstić information content (AvgIpc) is 3.00. The Labute approximate surface area is 84.3 Å². The van der Waals surface area contributed by atoms with Crippen LogP contribution >= 0.6 is 0 Å². The molecule has 2 heteroatoms. The molecule has 1 aliphatic rings. The number of carbonyl (C=O) groups excluding carboxylic acids is 1. The summed E-state index contributed by atoms with van der Waals surface area (Å²) < 4.78 is 0. The van der Waals surface area contributed by atoms with Crippen molar-refractivity contribution in [2.24, 2.45) is 0 Å². The van der Waals surface area contributed by atoms with Crippen molar-refractivity contribution in [1.29, 1.82) is 0 Å². The van der Waals surface area contributed by atoms with E-state index in [2.05, 4.69) is 11.4 Å². The summed E-state index contributed by atoms with van der Waals surface area (Å²) in [5.74, 6) is 0.843. The van der Waals surface area contributed by atoms with Crippen LogP contribution in [0.4, 0.5) is 5.69 Å². The summed E-state index contributed by atoms with van der Waals surface area (Å²) in [6, 6.07) is 6.16. The van der Waals surface area contributed by atoms with Gasteiger partial charge in [-0.1, -0.05) is 6.07 Å². The maximum atomic E-state index is 11.4. The van der Waals surface area contributed by atoms with Crippen molar-refractivity contribution in [2.75, 3.05) is 12.4 Å². The third-order valence-electron chi connectivity index (χ3n) is 2.74. The molecule has 2 rings (SSSR count). The van der Waals surface area contributed by atoms with Crippen LogP contribution in [-0.2, 0) is 0 Å². The quantitative estimate of drug-likeness (QED) is 0.741. The highest BCUT2D eigenvalue weighted by Crippen LogP contribution is 2.41. The number of hydrogen-bond donors (Lipinski definition) is 1. The molecule has 74 valence electrons. The van der Waals surface area contributed by atoms with E-state index in [-0.39, 0.29) is 5.78 Å². The van der Waals surface area contributed by atoms with E-state index in [1.807, 2.05) is 19.2 Å². The maximum Gasteiger partial charge on any atom is 0.161 e. The molecule has 1 aromatic rings. The SMILES string of the molecule is CNc1ccc(C2CC2)cc1C(C)=O. The molecule has 0 aromatic heterocycles. The molecule has 1 N–H and O–H groups in total. The molecule has 0 atom stereocenters. The topological polar surface area (TPSA) is 29.1 Å². The lowest BCUT2D eigenvalue weighted by molar-refractivity contribution is 0.101. The number of anilines is 1. The Morgan fingerprint density at radius 2 is 2.14 bits per heavy atom. The van der Waals surface area contributed by atoms with Gasteiger partial charge < -0.3 is 5.32 Å². The van der Waals surface area contributed by atoms with E-state index in [4.69, 9.17) is 0 Å². The highest BCUT2D eigenvalue weighted by molar-refractivity contribution is 5.99. The monoisotopic (exact) mass is 189 g/mol. The largest absolute Gasteiger partial charge is 0.388 e. The fourth-order valence-electron chi connectivity index (χ4n) is 1.74. The number of ketones is 1. The average molecular weight is 189 g/mol. The Morgan fingerprint density at radius 3 is 2.64 bits per heavy atom. The summed E-state index contributed by atoms with van der Waals surface area (Å²) in [6.07, 6.45) is 2.55. The molecule has 1 aromatic carbocycles. The minimum absolute atomic E-state index is 0.136. The zero-order chi connectivity index (χ0) is 10.1. The summed E-state index contributed by atoms with van der Waals surface area (Å²) in [5.41, 5.74) is 3.06. The molecule has 0 spiro atoms. The molecule has 14 heavy (non-hydrogen) atoms. The standard InChI is InChI=1S/C12H15NO/c1-8(14)11-7-10(9-3-4-9)5-6-12(11)13-2/h5-7,9,13H,3-4H2,1-2H3. The second-order valence-electron chi connectivity index (χ2n) is 3.89. The van der Waals surface area contributed by atoms with Crippen molar-refractivity contribution < 1.29 is 4.79 Å². The van der Waals surface area contributed by atoms with Crippen LogP contribution in [0.25, 0.3) is 0 Å². The summed E-state index contributed by atoms with van der Waals surface area (Å²) in [6.45, 7) is 1.62. The maximum absolute atomic E-state index is 11.4. The van der Waals surface area contributed by atoms with Gasteiger partial charge in [0, 0.05) is 18.3 Å². The molecule has 0 amide bonds. The van der Waals surface area contributed by atoms with Crippen LogP contribution in [0.2, 0.25) is 0 Å². The Kier molecular flexibility index (Phi) is 2.28. The van der Waals surface area contributed by atoms with E-state index in [0.29, 0.717) is 5.92 Å². The molecule has 1 fully saturated rings. The van der Waals surface area contributed by atoms with Crippen molar-refractivity contribution in [3.05, 3.63) is 29.3 Å². The van der Waals surface area contributed by atoms with Gasteiger partial charge in [-0.15, -0.1) is 0 Å². The summed E-state index contributed by atoms with van der Waals surface area (Å²) in [7, 11) is 1.85. The first-order chi connectivity index (χ1) is 6.72. The predicted octanol–water partition coefficient (Wildman–Crippen LogP) is 2.81. The summed E-state index contributed by atoms with van der Waals surface area (Å²) >= 11 is 0. The molecule has 0 heterocycles. The van der Waals surface area contributed by atoms with Crippen molar-refractivity contribution in [2.45, 2.75) is 25.7 Å². The third-order valence-corrected chi connectivity index (χ3v) is 2.74. The van der Waals surface area contributed by atoms with Crippen LogP contribution in [0.3, 0.4) is 0 Å². The number of hydrogen-bond acceptors (Lipinski definition) is 2. The van der Waals surface area contributed by atoms with Crippen LogP contribution < -0.4 is 5.32 Å². The minimum Gasteiger partial charge on any atom is -0.388 e. The Balaban J connectivity index is 2.40. The van der Waals surface area contributed by atoms with Gasteiger partial charge >= 0.3 is 0 Å². The van der Waals surface area contributed by atoms with Crippen molar-refractivity contribution in [3.8, 4) is 0 Å². The van der Waals surface area contributed by atoms with Gasteiger partial charge in [0.25, 0.3) is 0 Å². The number of benzene rings is 1. The first-order valence-electron chi connectivity index (χ1n) is 5.05. The lowest BCUT2D eigenvalue weighted by Gasteiger charge is -2.08. The van der Waals surface area contributed by atoms with Gasteiger partial charge in [0.15, 0.2) is 5.78 Å². The van der Waals surface area contributed by atoms with E-state index in [9.17, 15) is 4.79 Å². The van der Waals surface area contributed by atoms with Crippen LogP contribution in [0.5, 0.6) is 0 Å². The molecule has 1 aliphatic carbocycles. The third kappa shape index (κ3) is 1.65. The van der Waals surface area contributed by atoms with Crippen molar-refractivity contribution in [3.63, 3.8) is 0 Å². The predicted molar refractivity (Wildman–Crippen MR) is 58.0 cm³/mol. The van der Waals surface area contributed by atoms with E-state index >= 15 is 0 Å². The molecule has 0 unspecified atom stereocenters. The lowest BCUT2D eigenvalue weighted by atomic mass is 10.0. The molecular formula is C12H15NO.